The third-order valence-corrected chi connectivity index (χ3v) is 5.78. The number of carboxylic acids is 1. The molecule has 0 unspecified atom stereocenters. The van der Waals surface area contributed by atoms with E-state index in [9.17, 15) is 24.8 Å². The Morgan fingerprint density at radius 2 is 1.97 bits per heavy atom. The number of nitro groups is 1. The highest BCUT2D eigenvalue weighted by molar-refractivity contribution is 5.79. The lowest BCUT2D eigenvalue weighted by molar-refractivity contribution is -0.384. The first kappa shape index (κ1) is 24.1. The quantitative estimate of drug-likeness (QED) is 0.267. The Bertz CT molecular complexity index is 1330. The molecule has 0 spiro atoms. The highest BCUT2D eigenvalue weighted by Crippen LogP contribution is 2.42. The number of hydrogen-bond acceptors (Lipinski definition) is 8. The summed E-state index contributed by atoms with van der Waals surface area (Å²) < 4.78 is 17.5. The molecule has 2 N–H and O–H groups in total. The van der Waals surface area contributed by atoms with Crippen molar-refractivity contribution in [1.82, 2.24) is 0 Å². The van der Waals surface area contributed by atoms with Gasteiger partial charge in [0.1, 0.15) is 17.6 Å². The van der Waals surface area contributed by atoms with Crippen LogP contribution in [0.2, 0.25) is 0 Å². The molecule has 4 rings (SSSR count). The van der Waals surface area contributed by atoms with Crippen LogP contribution in [0.3, 0.4) is 0 Å². The number of allylic oxidation sites excluding steroid dienone is 2. The summed E-state index contributed by atoms with van der Waals surface area (Å²) in [6, 6.07) is 10.5. The SMILES string of the molecule is O=C(O)CC/C=C\C[C@@H]1CO[C@H](c2coc3ccc([N+](=O)[O-])cc3c2=O)O[C@@H]1c1ccccc1O. The molecule has 1 aliphatic heterocycles. The molecule has 1 aromatic heterocycles. The molecule has 2 aromatic carbocycles. The molecule has 1 saturated heterocycles. The average Bonchev–Trinajstić information content (AvgIpc) is 2.84. The van der Waals surface area contributed by atoms with Gasteiger partial charge in [-0.3, -0.25) is 19.7 Å². The molecule has 1 aliphatic rings. The van der Waals surface area contributed by atoms with Gasteiger partial charge in [-0.05, 0) is 25.0 Å². The fourth-order valence-electron chi connectivity index (χ4n) is 4.00. The lowest BCUT2D eigenvalue weighted by Gasteiger charge is -2.36. The first-order valence-electron chi connectivity index (χ1n) is 11.0. The summed E-state index contributed by atoms with van der Waals surface area (Å²) in [4.78, 5) is 34.4. The van der Waals surface area contributed by atoms with E-state index in [1.54, 1.807) is 24.3 Å². The highest BCUT2D eigenvalue weighted by atomic mass is 16.7. The lowest BCUT2D eigenvalue weighted by Crippen LogP contribution is -2.32. The maximum Gasteiger partial charge on any atom is 0.303 e. The maximum atomic E-state index is 13.1. The average molecular weight is 481 g/mol. The Hall–Kier alpha value is -4.02. The van der Waals surface area contributed by atoms with Gasteiger partial charge in [0.05, 0.1) is 28.6 Å². The van der Waals surface area contributed by atoms with Crippen LogP contribution in [0.25, 0.3) is 11.0 Å². The molecule has 10 nitrogen and oxygen atoms in total. The molecule has 182 valence electrons. The summed E-state index contributed by atoms with van der Waals surface area (Å²) in [7, 11) is 0. The van der Waals surface area contributed by atoms with E-state index in [1.807, 2.05) is 6.08 Å². The Morgan fingerprint density at radius 3 is 2.71 bits per heavy atom. The predicted octanol–water partition coefficient (Wildman–Crippen LogP) is 4.62. The van der Waals surface area contributed by atoms with Crippen LogP contribution in [-0.4, -0.2) is 27.7 Å². The number of nitro benzene ring substituents is 1. The summed E-state index contributed by atoms with van der Waals surface area (Å²) in [6.45, 7) is 0.180. The van der Waals surface area contributed by atoms with Crippen molar-refractivity contribution >= 4 is 22.6 Å². The second-order valence-electron chi connectivity index (χ2n) is 8.14. The topological polar surface area (TPSA) is 149 Å². The summed E-state index contributed by atoms with van der Waals surface area (Å²) in [5, 5.41) is 30.4. The first-order chi connectivity index (χ1) is 16.8. The van der Waals surface area contributed by atoms with Gasteiger partial charge < -0.3 is 24.1 Å². The van der Waals surface area contributed by atoms with Crippen LogP contribution >= 0.6 is 0 Å². The van der Waals surface area contributed by atoms with Crippen molar-refractivity contribution in [2.24, 2.45) is 5.92 Å². The van der Waals surface area contributed by atoms with Crippen molar-refractivity contribution in [2.75, 3.05) is 6.61 Å². The summed E-state index contributed by atoms with van der Waals surface area (Å²) >= 11 is 0. The number of carboxylic acid groups (broad SMARTS) is 1. The molecule has 0 aliphatic carbocycles. The van der Waals surface area contributed by atoms with Crippen molar-refractivity contribution in [2.45, 2.75) is 31.7 Å². The number of para-hydroxylation sites is 1. The molecule has 3 aromatic rings. The number of fused-ring (bicyclic) bond motifs is 1. The number of aliphatic carboxylic acids is 1. The van der Waals surface area contributed by atoms with Gasteiger partial charge in [-0.2, -0.15) is 0 Å². The molecular weight excluding hydrogens is 458 g/mol. The smallest absolute Gasteiger partial charge is 0.303 e. The number of aromatic hydroxyl groups is 1. The predicted molar refractivity (Wildman–Crippen MR) is 124 cm³/mol. The Balaban J connectivity index is 1.62. The Morgan fingerprint density at radius 1 is 1.17 bits per heavy atom. The molecule has 0 saturated carbocycles. The van der Waals surface area contributed by atoms with E-state index in [4.69, 9.17) is 19.0 Å². The van der Waals surface area contributed by atoms with E-state index in [0.29, 0.717) is 18.4 Å². The van der Waals surface area contributed by atoms with E-state index in [2.05, 4.69) is 0 Å². The second kappa shape index (κ2) is 10.5. The lowest BCUT2D eigenvalue weighted by atomic mass is 9.91. The van der Waals surface area contributed by atoms with Crippen molar-refractivity contribution in [3.05, 3.63) is 92.3 Å². The van der Waals surface area contributed by atoms with E-state index in [1.165, 1.54) is 24.5 Å². The standard InChI is InChI=1S/C25H23NO9/c27-20-8-5-4-7-17(20)24-15(6-2-1-3-9-22(28)29)13-34-25(35-24)19-14-33-21-11-10-16(26(31)32)12-18(21)23(19)30/h1-2,4-5,7-8,10-12,14-15,24-25,27H,3,6,9,13H2,(H,28,29)/b2-1-/t15-,24+,25+/m1/s1. The van der Waals surface area contributed by atoms with Crippen LogP contribution in [0, 0.1) is 16.0 Å². The normalized spacial score (nSPS) is 20.3. The molecule has 0 bridgehead atoms. The first-order valence-corrected chi connectivity index (χ1v) is 11.0. The number of rotatable bonds is 8. The minimum atomic E-state index is -1.12. The largest absolute Gasteiger partial charge is 0.508 e. The van der Waals surface area contributed by atoms with Gasteiger partial charge in [-0.25, -0.2) is 0 Å². The van der Waals surface area contributed by atoms with Gasteiger partial charge in [-0.15, -0.1) is 0 Å². The molecule has 3 atom stereocenters. The number of benzene rings is 2. The number of ether oxygens (including phenoxy) is 2. The Labute approximate surface area is 199 Å². The van der Waals surface area contributed by atoms with Crippen LogP contribution in [0.5, 0.6) is 5.75 Å². The van der Waals surface area contributed by atoms with Crippen molar-refractivity contribution in [3.8, 4) is 5.75 Å². The molecular formula is C25H23NO9. The van der Waals surface area contributed by atoms with E-state index < -0.39 is 28.7 Å². The molecule has 0 amide bonds. The van der Waals surface area contributed by atoms with Crippen LogP contribution in [0.15, 0.2) is 70.1 Å². The third-order valence-electron chi connectivity index (χ3n) is 5.78. The second-order valence-corrected chi connectivity index (χ2v) is 8.14. The number of phenolic OH excluding ortho intramolecular Hbond substituents is 1. The highest BCUT2D eigenvalue weighted by Gasteiger charge is 2.36. The zero-order chi connectivity index (χ0) is 24.9. The van der Waals surface area contributed by atoms with Crippen molar-refractivity contribution in [3.63, 3.8) is 0 Å². The minimum absolute atomic E-state index is 0.0229. The van der Waals surface area contributed by atoms with Gasteiger partial charge >= 0.3 is 5.97 Å². The van der Waals surface area contributed by atoms with Crippen LogP contribution in [-0.2, 0) is 14.3 Å². The number of hydrogen-bond donors (Lipinski definition) is 2. The van der Waals surface area contributed by atoms with Crippen molar-refractivity contribution in [1.29, 1.82) is 0 Å². The molecule has 0 radical (unpaired) electrons. The Kier molecular flexibility index (Phi) is 7.23. The van der Waals surface area contributed by atoms with Crippen molar-refractivity contribution < 1.29 is 33.8 Å². The van der Waals surface area contributed by atoms with Gasteiger partial charge in [0.15, 0.2) is 6.29 Å². The third kappa shape index (κ3) is 5.39. The summed E-state index contributed by atoms with van der Waals surface area (Å²) in [5.74, 6) is -1.08. The minimum Gasteiger partial charge on any atom is -0.508 e. The summed E-state index contributed by atoms with van der Waals surface area (Å²) in [6.07, 6.45) is 3.97. The number of nitrogens with zero attached hydrogens (tertiary/aromatic N) is 1. The van der Waals surface area contributed by atoms with E-state index in [-0.39, 0.29) is 46.9 Å². The zero-order valence-electron chi connectivity index (χ0n) is 18.5. The number of phenols is 1. The fraction of sp³-hybridized carbons (Fsp3) is 0.280. The maximum absolute atomic E-state index is 13.1. The fourth-order valence-corrected chi connectivity index (χ4v) is 4.00. The number of carbonyl (C=O) groups is 1. The molecule has 35 heavy (non-hydrogen) atoms. The van der Waals surface area contributed by atoms with E-state index in [0.717, 1.165) is 6.07 Å². The monoisotopic (exact) mass is 481 g/mol. The van der Waals surface area contributed by atoms with E-state index >= 15 is 0 Å². The van der Waals surface area contributed by atoms with Gasteiger partial charge in [0.2, 0.25) is 5.43 Å². The van der Waals surface area contributed by atoms with Gasteiger partial charge in [0, 0.05) is 30.0 Å². The molecule has 2 heterocycles. The van der Waals surface area contributed by atoms with Crippen LogP contribution in [0.1, 0.15) is 42.8 Å². The zero-order valence-corrected chi connectivity index (χ0v) is 18.5. The van der Waals surface area contributed by atoms with Gasteiger partial charge in [0.25, 0.3) is 5.69 Å². The molecule has 1 fully saturated rings. The van der Waals surface area contributed by atoms with Gasteiger partial charge in [-0.1, -0.05) is 30.4 Å². The molecule has 10 heteroatoms. The number of non-ortho nitro benzene ring substituents is 1. The van der Waals surface area contributed by atoms with Crippen LogP contribution in [0.4, 0.5) is 5.69 Å². The summed E-state index contributed by atoms with van der Waals surface area (Å²) in [5.41, 5.74) is 0.0125. The van der Waals surface area contributed by atoms with Crippen LogP contribution < -0.4 is 5.43 Å².